The summed E-state index contributed by atoms with van der Waals surface area (Å²) >= 11 is 0. The van der Waals surface area contributed by atoms with Crippen molar-refractivity contribution < 1.29 is 14.5 Å². The van der Waals surface area contributed by atoms with E-state index in [1.807, 2.05) is 0 Å². The van der Waals surface area contributed by atoms with Crippen molar-refractivity contribution in [3.63, 3.8) is 0 Å². The molecular formula is C22H21N7O4. The zero-order valence-electron chi connectivity index (χ0n) is 17.6. The first-order chi connectivity index (χ1) is 16.0. The highest BCUT2D eigenvalue weighted by molar-refractivity contribution is 6.04. The molecule has 0 spiro atoms. The van der Waals surface area contributed by atoms with Crippen molar-refractivity contribution in [2.45, 2.75) is 6.42 Å². The number of aromatic nitrogens is 3. The SMILES string of the molecule is O=C(Nc1ccc(N2CCCN(C(=O)c3cnccn3)CC2)nc1)c1cccc([N+](=O)[O-])c1. The summed E-state index contributed by atoms with van der Waals surface area (Å²) in [5, 5.41) is 13.6. The normalized spacial score (nSPS) is 13.8. The van der Waals surface area contributed by atoms with Crippen molar-refractivity contribution in [1.29, 1.82) is 0 Å². The third-order valence-electron chi connectivity index (χ3n) is 5.21. The van der Waals surface area contributed by atoms with Crippen molar-refractivity contribution in [3.8, 4) is 0 Å². The molecule has 1 fully saturated rings. The summed E-state index contributed by atoms with van der Waals surface area (Å²) in [6.07, 6.45) is 6.81. The van der Waals surface area contributed by atoms with Gasteiger partial charge in [-0.25, -0.2) is 9.97 Å². The summed E-state index contributed by atoms with van der Waals surface area (Å²) in [5.74, 6) is 0.135. The van der Waals surface area contributed by atoms with Gasteiger partial charge in [0, 0.05) is 56.3 Å². The fourth-order valence-electron chi connectivity index (χ4n) is 3.53. The van der Waals surface area contributed by atoms with Crippen molar-refractivity contribution in [2.24, 2.45) is 0 Å². The third kappa shape index (κ3) is 5.26. The molecule has 1 N–H and O–H groups in total. The fraction of sp³-hybridized carbons (Fsp3) is 0.227. The molecule has 1 aliphatic rings. The molecule has 168 valence electrons. The van der Waals surface area contributed by atoms with E-state index >= 15 is 0 Å². The van der Waals surface area contributed by atoms with E-state index in [0.717, 1.165) is 18.8 Å². The average molecular weight is 447 g/mol. The van der Waals surface area contributed by atoms with Crippen molar-refractivity contribution in [3.05, 3.63) is 82.6 Å². The molecule has 0 unspecified atom stereocenters. The van der Waals surface area contributed by atoms with Crippen LogP contribution in [-0.2, 0) is 0 Å². The molecule has 3 aromatic rings. The molecule has 3 heterocycles. The van der Waals surface area contributed by atoms with Gasteiger partial charge in [-0.15, -0.1) is 0 Å². The van der Waals surface area contributed by atoms with Crippen LogP contribution in [0.5, 0.6) is 0 Å². The summed E-state index contributed by atoms with van der Waals surface area (Å²) in [4.78, 5) is 51.7. The van der Waals surface area contributed by atoms with Crippen LogP contribution in [0.25, 0.3) is 0 Å². The minimum absolute atomic E-state index is 0.142. The predicted molar refractivity (Wildman–Crippen MR) is 120 cm³/mol. The van der Waals surface area contributed by atoms with Crippen LogP contribution in [-0.4, -0.2) is 62.8 Å². The van der Waals surface area contributed by atoms with Gasteiger partial charge in [0.15, 0.2) is 0 Å². The number of nitro benzene ring substituents is 1. The van der Waals surface area contributed by atoms with Crippen molar-refractivity contribution in [1.82, 2.24) is 19.9 Å². The topological polar surface area (TPSA) is 134 Å². The summed E-state index contributed by atoms with van der Waals surface area (Å²) < 4.78 is 0. The standard InChI is InChI=1S/C22H21N7O4/c30-21(16-3-1-4-18(13-16)29(32)33)26-17-5-6-20(25-14-17)27-9-2-10-28(12-11-27)22(31)19-15-23-7-8-24-19/h1,3-8,13-15H,2,9-12H2,(H,26,30). The van der Waals surface area contributed by atoms with Gasteiger partial charge in [0.2, 0.25) is 0 Å². The number of rotatable bonds is 5. The number of nitrogens with zero attached hydrogens (tertiary/aromatic N) is 6. The number of carbonyl (C=O) groups excluding carboxylic acids is 2. The van der Waals surface area contributed by atoms with E-state index in [1.54, 1.807) is 17.0 Å². The molecule has 0 aliphatic carbocycles. The first-order valence-corrected chi connectivity index (χ1v) is 10.3. The minimum Gasteiger partial charge on any atom is -0.355 e. The van der Waals surface area contributed by atoms with Gasteiger partial charge in [-0.3, -0.25) is 24.7 Å². The third-order valence-corrected chi connectivity index (χ3v) is 5.21. The zero-order chi connectivity index (χ0) is 23.2. The Bertz CT molecular complexity index is 1150. The van der Waals surface area contributed by atoms with Crippen LogP contribution in [0.1, 0.15) is 27.3 Å². The lowest BCUT2D eigenvalue weighted by Gasteiger charge is -2.22. The molecule has 0 bridgehead atoms. The highest BCUT2D eigenvalue weighted by Crippen LogP contribution is 2.19. The Morgan fingerprint density at radius 1 is 1.00 bits per heavy atom. The van der Waals surface area contributed by atoms with Crippen LogP contribution in [0.4, 0.5) is 17.2 Å². The van der Waals surface area contributed by atoms with Gasteiger partial charge in [0.05, 0.1) is 23.0 Å². The van der Waals surface area contributed by atoms with E-state index in [2.05, 4.69) is 25.2 Å². The zero-order valence-corrected chi connectivity index (χ0v) is 17.6. The first kappa shape index (κ1) is 21.8. The Morgan fingerprint density at radius 3 is 2.61 bits per heavy atom. The molecule has 0 atom stereocenters. The molecule has 4 rings (SSSR count). The Hall–Kier alpha value is -4.41. The maximum atomic E-state index is 12.6. The molecule has 1 saturated heterocycles. The summed E-state index contributed by atoms with van der Waals surface area (Å²) in [6, 6.07) is 9.05. The summed E-state index contributed by atoms with van der Waals surface area (Å²) in [6.45, 7) is 2.49. The fourth-order valence-corrected chi connectivity index (χ4v) is 3.53. The van der Waals surface area contributed by atoms with Gasteiger partial charge >= 0.3 is 0 Å². The number of hydrogen-bond acceptors (Lipinski definition) is 8. The number of amides is 2. The Kier molecular flexibility index (Phi) is 6.48. The van der Waals surface area contributed by atoms with E-state index < -0.39 is 10.8 Å². The van der Waals surface area contributed by atoms with E-state index in [1.165, 1.54) is 49.1 Å². The monoisotopic (exact) mass is 447 g/mol. The van der Waals surface area contributed by atoms with Crippen LogP contribution < -0.4 is 10.2 Å². The molecule has 33 heavy (non-hydrogen) atoms. The Morgan fingerprint density at radius 2 is 1.88 bits per heavy atom. The quantitative estimate of drug-likeness (QED) is 0.465. The van der Waals surface area contributed by atoms with Crippen molar-refractivity contribution in [2.75, 3.05) is 36.4 Å². The molecule has 1 aliphatic heterocycles. The van der Waals surface area contributed by atoms with Gasteiger partial charge < -0.3 is 15.1 Å². The van der Waals surface area contributed by atoms with E-state index in [-0.39, 0.29) is 17.2 Å². The molecular weight excluding hydrogens is 426 g/mol. The molecule has 0 saturated carbocycles. The number of carbonyl (C=O) groups is 2. The van der Waals surface area contributed by atoms with Gasteiger partial charge in [0.25, 0.3) is 17.5 Å². The number of nitrogens with one attached hydrogen (secondary N) is 1. The lowest BCUT2D eigenvalue weighted by molar-refractivity contribution is -0.384. The maximum Gasteiger partial charge on any atom is 0.274 e. The van der Waals surface area contributed by atoms with Gasteiger partial charge in [-0.05, 0) is 24.6 Å². The number of benzene rings is 1. The number of pyridine rings is 1. The second kappa shape index (κ2) is 9.81. The van der Waals surface area contributed by atoms with Crippen LogP contribution in [0.3, 0.4) is 0 Å². The smallest absolute Gasteiger partial charge is 0.274 e. The number of hydrogen-bond donors (Lipinski definition) is 1. The van der Waals surface area contributed by atoms with Crippen LogP contribution in [0.2, 0.25) is 0 Å². The molecule has 0 radical (unpaired) electrons. The molecule has 11 nitrogen and oxygen atoms in total. The Balaban J connectivity index is 1.37. The lowest BCUT2D eigenvalue weighted by atomic mass is 10.2. The summed E-state index contributed by atoms with van der Waals surface area (Å²) in [7, 11) is 0. The van der Waals surface area contributed by atoms with Gasteiger partial charge in [-0.2, -0.15) is 0 Å². The largest absolute Gasteiger partial charge is 0.355 e. The second-order valence-electron chi connectivity index (χ2n) is 7.39. The van der Waals surface area contributed by atoms with Gasteiger partial charge in [0.1, 0.15) is 11.5 Å². The molecule has 11 heteroatoms. The predicted octanol–water partition coefficient (Wildman–Crippen LogP) is 2.38. The van der Waals surface area contributed by atoms with Crippen molar-refractivity contribution >= 4 is 29.0 Å². The number of nitro groups is 1. The average Bonchev–Trinajstić information content (AvgIpc) is 3.11. The van der Waals surface area contributed by atoms with Crippen LogP contribution >= 0.6 is 0 Å². The van der Waals surface area contributed by atoms with Gasteiger partial charge in [-0.1, -0.05) is 6.07 Å². The van der Waals surface area contributed by atoms with E-state index in [4.69, 9.17) is 0 Å². The van der Waals surface area contributed by atoms with Crippen LogP contribution in [0.15, 0.2) is 61.2 Å². The highest BCUT2D eigenvalue weighted by Gasteiger charge is 2.22. The van der Waals surface area contributed by atoms with Crippen LogP contribution in [0, 0.1) is 10.1 Å². The van der Waals surface area contributed by atoms with E-state index in [9.17, 15) is 19.7 Å². The number of non-ortho nitro benzene ring substituents is 1. The highest BCUT2D eigenvalue weighted by atomic mass is 16.6. The summed E-state index contributed by atoms with van der Waals surface area (Å²) in [5.41, 5.74) is 0.843. The minimum atomic E-state index is -0.545. The molecule has 1 aromatic carbocycles. The molecule has 2 aromatic heterocycles. The first-order valence-electron chi connectivity index (χ1n) is 10.3. The maximum absolute atomic E-state index is 12.6. The number of anilines is 2. The Labute approximate surface area is 189 Å². The lowest BCUT2D eigenvalue weighted by Crippen LogP contribution is -2.35. The van der Waals surface area contributed by atoms with E-state index in [0.29, 0.717) is 31.0 Å². The molecule has 2 amide bonds. The second-order valence-corrected chi connectivity index (χ2v) is 7.39.